The first kappa shape index (κ1) is 25.8. The molecule has 4 rings (SSSR count). The smallest absolute Gasteiger partial charge is 0.277 e. The average molecular weight is 503 g/mol. The Hall–Kier alpha value is -3.32. The summed E-state index contributed by atoms with van der Waals surface area (Å²) < 4.78 is 15.4. The summed E-state index contributed by atoms with van der Waals surface area (Å²) in [6, 6.07) is 15.2. The molecule has 0 amide bonds. The van der Waals surface area contributed by atoms with Gasteiger partial charge in [0.25, 0.3) is 5.56 Å². The van der Waals surface area contributed by atoms with Gasteiger partial charge in [-0.2, -0.15) is 4.98 Å². The number of hydrogen-bond acceptors (Lipinski definition) is 5. The minimum atomic E-state index is -0.259. The van der Waals surface area contributed by atoms with Crippen molar-refractivity contribution in [3.05, 3.63) is 117 Å². The quantitative estimate of drug-likeness (QED) is 0.134. The van der Waals surface area contributed by atoms with Crippen LogP contribution in [-0.4, -0.2) is 19.5 Å². The Kier molecular flexibility index (Phi) is 9.39. The standard InChI is InChI=1S/C29H31FN4OS/c1-2-3-4-6-22-7-5-8-23(15-22)13-14-34-19-26(16-25-17-31-21-32-18-25)28(35)33-29(34)36-20-24-9-11-27(30)12-10-24/h5,7-12,15,17-19,21H,2-4,6,13-14,16,20H2,1H3. The first-order valence-electron chi connectivity index (χ1n) is 12.4. The molecule has 0 radical (unpaired) electrons. The summed E-state index contributed by atoms with van der Waals surface area (Å²) in [6.45, 7) is 2.93. The Morgan fingerprint density at radius 2 is 1.67 bits per heavy atom. The van der Waals surface area contributed by atoms with Gasteiger partial charge in [-0.25, -0.2) is 14.4 Å². The summed E-state index contributed by atoms with van der Waals surface area (Å²) in [5.74, 6) is 0.343. The molecule has 0 saturated heterocycles. The lowest BCUT2D eigenvalue weighted by Gasteiger charge is -2.14. The van der Waals surface area contributed by atoms with E-state index in [1.54, 1.807) is 24.5 Å². The lowest BCUT2D eigenvalue weighted by molar-refractivity contribution is 0.595. The van der Waals surface area contributed by atoms with Gasteiger partial charge in [-0.15, -0.1) is 0 Å². The molecule has 0 saturated carbocycles. The summed E-state index contributed by atoms with van der Waals surface area (Å²) in [6.07, 6.45) is 12.9. The molecule has 0 fully saturated rings. The number of rotatable bonds is 12. The van der Waals surface area contributed by atoms with E-state index in [1.807, 2.05) is 6.20 Å². The van der Waals surface area contributed by atoms with Gasteiger partial charge in [0.15, 0.2) is 5.16 Å². The van der Waals surface area contributed by atoms with E-state index in [4.69, 9.17) is 0 Å². The fraction of sp³-hybridized carbons (Fsp3) is 0.310. The van der Waals surface area contributed by atoms with E-state index in [0.717, 1.165) is 24.0 Å². The van der Waals surface area contributed by atoms with Gasteiger partial charge in [0.1, 0.15) is 12.1 Å². The summed E-state index contributed by atoms with van der Waals surface area (Å²) >= 11 is 1.49. The van der Waals surface area contributed by atoms with Crippen LogP contribution in [0.15, 0.2) is 83.4 Å². The molecule has 0 aliphatic heterocycles. The molecule has 5 nitrogen and oxygen atoms in total. The molecule has 0 spiro atoms. The van der Waals surface area contributed by atoms with Gasteiger partial charge in [-0.3, -0.25) is 4.79 Å². The maximum atomic E-state index is 13.3. The highest BCUT2D eigenvalue weighted by atomic mass is 32.2. The van der Waals surface area contributed by atoms with Crippen LogP contribution in [0.5, 0.6) is 0 Å². The van der Waals surface area contributed by atoms with E-state index >= 15 is 0 Å². The van der Waals surface area contributed by atoms with Crippen molar-refractivity contribution in [2.75, 3.05) is 0 Å². The molecule has 36 heavy (non-hydrogen) atoms. The Morgan fingerprint density at radius 3 is 2.42 bits per heavy atom. The van der Waals surface area contributed by atoms with Crippen LogP contribution in [0.3, 0.4) is 0 Å². The Balaban J connectivity index is 1.54. The van der Waals surface area contributed by atoms with E-state index in [0.29, 0.717) is 29.4 Å². The van der Waals surface area contributed by atoms with Crippen molar-refractivity contribution in [2.45, 2.75) is 62.9 Å². The van der Waals surface area contributed by atoms with Gasteiger partial charge < -0.3 is 4.57 Å². The number of thioether (sulfide) groups is 1. The van der Waals surface area contributed by atoms with Crippen molar-refractivity contribution in [3.8, 4) is 0 Å². The second kappa shape index (κ2) is 13.1. The van der Waals surface area contributed by atoms with E-state index in [2.05, 4.69) is 50.7 Å². The first-order valence-corrected chi connectivity index (χ1v) is 13.4. The van der Waals surface area contributed by atoms with Gasteiger partial charge in [0, 0.05) is 42.9 Å². The largest absolute Gasteiger partial charge is 0.327 e. The predicted molar refractivity (Wildman–Crippen MR) is 143 cm³/mol. The SMILES string of the molecule is CCCCCc1cccc(CCn2cc(Cc3cncnc3)c(=O)nc2SCc2ccc(F)cc2)c1. The van der Waals surface area contributed by atoms with Crippen LogP contribution in [0.25, 0.3) is 0 Å². The fourth-order valence-corrected chi connectivity index (χ4v) is 5.00. The number of benzene rings is 2. The number of aryl methyl sites for hydroxylation is 3. The summed E-state index contributed by atoms with van der Waals surface area (Å²) in [5.41, 5.74) is 4.87. The van der Waals surface area contributed by atoms with Crippen molar-refractivity contribution < 1.29 is 4.39 Å². The summed E-state index contributed by atoms with van der Waals surface area (Å²) in [5, 5.41) is 0.663. The number of halogens is 1. The lowest BCUT2D eigenvalue weighted by Crippen LogP contribution is -2.20. The zero-order chi connectivity index (χ0) is 25.2. The average Bonchev–Trinajstić information content (AvgIpc) is 2.90. The van der Waals surface area contributed by atoms with Crippen LogP contribution in [0.2, 0.25) is 0 Å². The molecule has 4 aromatic rings. The number of nitrogens with zero attached hydrogens (tertiary/aromatic N) is 4. The van der Waals surface area contributed by atoms with E-state index in [1.165, 1.54) is 60.6 Å². The predicted octanol–water partition coefficient (Wildman–Crippen LogP) is 6.03. The van der Waals surface area contributed by atoms with Gasteiger partial charge >= 0.3 is 0 Å². The molecule has 0 bridgehead atoms. The van der Waals surface area contributed by atoms with Gasteiger partial charge in [-0.05, 0) is 53.6 Å². The summed E-state index contributed by atoms with van der Waals surface area (Å²) in [7, 11) is 0. The molecule has 7 heteroatoms. The van der Waals surface area contributed by atoms with Crippen molar-refractivity contribution in [3.63, 3.8) is 0 Å². The zero-order valence-corrected chi connectivity index (χ0v) is 21.4. The lowest BCUT2D eigenvalue weighted by atomic mass is 10.0. The van der Waals surface area contributed by atoms with Crippen LogP contribution >= 0.6 is 11.8 Å². The fourth-order valence-electron chi connectivity index (χ4n) is 4.06. The zero-order valence-electron chi connectivity index (χ0n) is 20.6. The Morgan fingerprint density at radius 1 is 0.917 bits per heavy atom. The molecule has 0 N–H and O–H groups in total. The molecule has 2 heterocycles. The second-order valence-corrected chi connectivity index (χ2v) is 9.86. The topological polar surface area (TPSA) is 60.7 Å². The van der Waals surface area contributed by atoms with Crippen LogP contribution in [0.4, 0.5) is 4.39 Å². The van der Waals surface area contributed by atoms with Crippen molar-refractivity contribution in [1.82, 2.24) is 19.5 Å². The van der Waals surface area contributed by atoms with Crippen LogP contribution in [0.1, 0.15) is 54.0 Å². The molecule has 2 aromatic heterocycles. The van der Waals surface area contributed by atoms with Crippen LogP contribution in [-0.2, 0) is 31.6 Å². The van der Waals surface area contributed by atoms with Crippen LogP contribution < -0.4 is 5.56 Å². The van der Waals surface area contributed by atoms with Crippen molar-refractivity contribution >= 4 is 11.8 Å². The maximum absolute atomic E-state index is 13.3. The normalized spacial score (nSPS) is 11.1. The molecular weight excluding hydrogens is 471 g/mol. The molecule has 0 unspecified atom stereocenters. The van der Waals surface area contributed by atoms with Crippen molar-refractivity contribution in [2.24, 2.45) is 0 Å². The van der Waals surface area contributed by atoms with Crippen molar-refractivity contribution in [1.29, 1.82) is 0 Å². The third kappa shape index (κ3) is 7.59. The molecule has 0 atom stereocenters. The Labute approximate surface area is 215 Å². The highest BCUT2D eigenvalue weighted by Gasteiger charge is 2.11. The number of hydrogen-bond donors (Lipinski definition) is 0. The van der Waals surface area contributed by atoms with Gasteiger partial charge in [-0.1, -0.05) is 67.9 Å². The highest BCUT2D eigenvalue weighted by molar-refractivity contribution is 7.98. The Bertz CT molecular complexity index is 1310. The van der Waals surface area contributed by atoms with Gasteiger partial charge in [0.2, 0.25) is 0 Å². The minimum Gasteiger partial charge on any atom is -0.327 e. The molecule has 0 aliphatic rings. The summed E-state index contributed by atoms with van der Waals surface area (Å²) in [4.78, 5) is 25.4. The third-order valence-electron chi connectivity index (χ3n) is 6.02. The van der Waals surface area contributed by atoms with Crippen LogP contribution in [0, 0.1) is 5.82 Å². The molecular formula is C29H31FN4OS. The third-order valence-corrected chi connectivity index (χ3v) is 7.08. The maximum Gasteiger partial charge on any atom is 0.277 e. The second-order valence-electron chi connectivity index (χ2n) is 8.91. The minimum absolute atomic E-state index is 0.241. The first-order chi connectivity index (χ1) is 17.6. The molecule has 2 aromatic carbocycles. The van der Waals surface area contributed by atoms with Gasteiger partial charge in [0.05, 0.1) is 0 Å². The van der Waals surface area contributed by atoms with E-state index < -0.39 is 0 Å². The van der Waals surface area contributed by atoms with E-state index in [-0.39, 0.29) is 11.4 Å². The number of unbranched alkanes of at least 4 members (excludes halogenated alkanes) is 2. The highest BCUT2D eigenvalue weighted by Crippen LogP contribution is 2.22. The molecule has 186 valence electrons. The molecule has 0 aliphatic carbocycles. The van der Waals surface area contributed by atoms with E-state index in [9.17, 15) is 9.18 Å². The monoisotopic (exact) mass is 502 g/mol. The number of aromatic nitrogens is 4.